The lowest BCUT2D eigenvalue weighted by atomic mass is 10.0. The highest BCUT2D eigenvalue weighted by molar-refractivity contribution is 9.10. The van der Waals surface area contributed by atoms with Gasteiger partial charge in [-0.2, -0.15) is 0 Å². The SMILES string of the molecule is Cc1cc(N(CC(=O)N(Cc2ccc(Cl)c(Cl)c2)C(Cc2ccccc2)C(=O)NCC(C)C)S(C)(=O)=O)ccc1Br. The van der Waals surface area contributed by atoms with Gasteiger partial charge in [0.25, 0.3) is 0 Å². The predicted molar refractivity (Wildman–Crippen MR) is 170 cm³/mol. The lowest BCUT2D eigenvalue weighted by Gasteiger charge is -2.33. The summed E-state index contributed by atoms with van der Waals surface area (Å²) in [6, 6.07) is 18.5. The van der Waals surface area contributed by atoms with E-state index in [1.807, 2.05) is 51.1 Å². The van der Waals surface area contributed by atoms with Crippen molar-refractivity contribution >= 4 is 66.7 Å². The number of hydrogen-bond donors (Lipinski definition) is 1. The van der Waals surface area contributed by atoms with Crippen molar-refractivity contribution in [3.8, 4) is 0 Å². The Morgan fingerprint density at radius 3 is 2.22 bits per heavy atom. The van der Waals surface area contributed by atoms with Gasteiger partial charge in [0.1, 0.15) is 12.6 Å². The lowest BCUT2D eigenvalue weighted by Crippen LogP contribution is -2.53. The molecule has 0 saturated heterocycles. The summed E-state index contributed by atoms with van der Waals surface area (Å²) in [5, 5.41) is 3.62. The normalized spacial score (nSPS) is 12.2. The van der Waals surface area contributed by atoms with E-state index in [9.17, 15) is 18.0 Å². The number of rotatable bonds is 12. The van der Waals surface area contributed by atoms with E-state index < -0.39 is 28.5 Å². The van der Waals surface area contributed by atoms with Gasteiger partial charge >= 0.3 is 0 Å². The van der Waals surface area contributed by atoms with E-state index in [0.717, 1.165) is 26.2 Å². The first-order valence-electron chi connectivity index (χ1n) is 13.0. The van der Waals surface area contributed by atoms with Crippen molar-refractivity contribution in [2.75, 3.05) is 23.7 Å². The van der Waals surface area contributed by atoms with Crippen LogP contribution in [0.5, 0.6) is 0 Å². The highest BCUT2D eigenvalue weighted by Crippen LogP contribution is 2.27. The number of hydrogen-bond acceptors (Lipinski definition) is 4. The molecule has 3 rings (SSSR count). The molecule has 220 valence electrons. The molecular weight excluding hydrogens is 649 g/mol. The average molecular weight is 683 g/mol. The molecule has 0 fully saturated rings. The molecule has 3 aromatic rings. The van der Waals surface area contributed by atoms with Crippen molar-refractivity contribution in [1.82, 2.24) is 10.2 Å². The maximum Gasteiger partial charge on any atom is 0.244 e. The van der Waals surface area contributed by atoms with Crippen LogP contribution in [0.3, 0.4) is 0 Å². The third kappa shape index (κ3) is 9.46. The van der Waals surface area contributed by atoms with Crippen LogP contribution in [0.15, 0.2) is 71.2 Å². The highest BCUT2D eigenvalue weighted by Gasteiger charge is 2.33. The highest BCUT2D eigenvalue weighted by atomic mass is 79.9. The van der Waals surface area contributed by atoms with E-state index in [0.29, 0.717) is 27.8 Å². The molecule has 0 aromatic heterocycles. The van der Waals surface area contributed by atoms with E-state index in [1.165, 1.54) is 4.90 Å². The Hall–Kier alpha value is -2.59. The zero-order valence-corrected chi connectivity index (χ0v) is 27.3. The zero-order chi connectivity index (χ0) is 30.3. The van der Waals surface area contributed by atoms with Gasteiger partial charge in [-0.3, -0.25) is 13.9 Å². The maximum absolute atomic E-state index is 14.1. The summed E-state index contributed by atoms with van der Waals surface area (Å²) in [5.74, 6) is -0.680. The van der Waals surface area contributed by atoms with Crippen molar-refractivity contribution in [3.63, 3.8) is 0 Å². The molecule has 1 unspecified atom stereocenters. The fourth-order valence-corrected chi connectivity index (χ4v) is 5.62. The van der Waals surface area contributed by atoms with Crippen LogP contribution in [0.2, 0.25) is 10.0 Å². The number of nitrogens with zero attached hydrogens (tertiary/aromatic N) is 2. The topological polar surface area (TPSA) is 86.8 Å². The Morgan fingerprint density at radius 2 is 1.63 bits per heavy atom. The minimum absolute atomic E-state index is 0.0132. The number of benzene rings is 3. The van der Waals surface area contributed by atoms with E-state index in [-0.39, 0.29) is 24.8 Å². The fourth-order valence-electron chi connectivity index (χ4n) is 4.21. The summed E-state index contributed by atoms with van der Waals surface area (Å²) in [7, 11) is -3.86. The lowest BCUT2D eigenvalue weighted by molar-refractivity contribution is -0.140. The smallest absolute Gasteiger partial charge is 0.244 e. The number of halogens is 3. The van der Waals surface area contributed by atoms with E-state index in [1.54, 1.807) is 36.4 Å². The molecule has 1 atom stereocenters. The average Bonchev–Trinajstić information content (AvgIpc) is 2.91. The number of aryl methyl sites for hydroxylation is 1. The fraction of sp³-hybridized carbons (Fsp3) is 0.333. The van der Waals surface area contributed by atoms with Gasteiger partial charge in [-0.25, -0.2) is 8.42 Å². The molecule has 0 aliphatic heterocycles. The number of anilines is 1. The molecule has 0 spiro atoms. The van der Waals surface area contributed by atoms with Crippen molar-refractivity contribution in [2.24, 2.45) is 5.92 Å². The van der Waals surface area contributed by atoms with Gasteiger partial charge in [0.05, 0.1) is 22.0 Å². The second kappa shape index (κ2) is 14.5. The molecule has 2 amide bonds. The first-order chi connectivity index (χ1) is 19.3. The number of carbonyl (C=O) groups excluding carboxylic acids is 2. The second-order valence-corrected chi connectivity index (χ2v) is 13.9. The van der Waals surface area contributed by atoms with Crippen LogP contribution in [0.25, 0.3) is 0 Å². The largest absolute Gasteiger partial charge is 0.354 e. The first kappa shape index (κ1) is 32.9. The predicted octanol–water partition coefficient (Wildman–Crippen LogP) is 6.24. The molecule has 0 aliphatic rings. The molecule has 3 aromatic carbocycles. The number of sulfonamides is 1. The molecule has 11 heteroatoms. The maximum atomic E-state index is 14.1. The van der Waals surface area contributed by atoms with Crippen molar-refractivity contribution in [2.45, 2.75) is 39.8 Å². The Kier molecular flexibility index (Phi) is 11.7. The minimum atomic E-state index is -3.86. The van der Waals surface area contributed by atoms with E-state index in [2.05, 4.69) is 21.2 Å². The monoisotopic (exact) mass is 681 g/mol. The van der Waals surface area contributed by atoms with Gasteiger partial charge in [0.2, 0.25) is 21.8 Å². The molecular formula is C30H34BrCl2N3O4S. The van der Waals surface area contributed by atoms with Crippen LogP contribution in [-0.2, 0) is 32.6 Å². The summed E-state index contributed by atoms with van der Waals surface area (Å²) in [6.07, 6.45) is 1.28. The van der Waals surface area contributed by atoms with Crippen LogP contribution in [0.4, 0.5) is 5.69 Å². The second-order valence-electron chi connectivity index (χ2n) is 10.3. The van der Waals surface area contributed by atoms with Crippen LogP contribution in [0.1, 0.15) is 30.5 Å². The standard InChI is InChI=1S/C30H34BrCl2N3O4S/c1-20(2)17-34-30(38)28(16-22-8-6-5-7-9-22)35(18-23-10-13-26(32)27(33)15-23)29(37)19-36(41(4,39)40)24-11-12-25(31)21(3)14-24/h5-15,20,28H,16-19H2,1-4H3,(H,34,38). The molecule has 0 heterocycles. The summed E-state index contributed by atoms with van der Waals surface area (Å²) >= 11 is 15.8. The van der Waals surface area contributed by atoms with Gasteiger partial charge in [-0.05, 0) is 59.9 Å². The minimum Gasteiger partial charge on any atom is -0.354 e. The zero-order valence-electron chi connectivity index (χ0n) is 23.4. The van der Waals surface area contributed by atoms with E-state index in [4.69, 9.17) is 23.2 Å². The van der Waals surface area contributed by atoms with Gasteiger partial charge in [-0.1, -0.05) is 89.4 Å². The van der Waals surface area contributed by atoms with Gasteiger partial charge < -0.3 is 10.2 Å². The van der Waals surface area contributed by atoms with Crippen molar-refractivity contribution in [3.05, 3.63) is 97.9 Å². The Balaban J connectivity index is 2.07. The molecule has 41 heavy (non-hydrogen) atoms. The Bertz CT molecular complexity index is 1490. The van der Waals surface area contributed by atoms with Gasteiger partial charge in [0, 0.05) is 24.0 Å². The molecule has 0 bridgehead atoms. The van der Waals surface area contributed by atoms with Crippen molar-refractivity contribution in [1.29, 1.82) is 0 Å². The van der Waals surface area contributed by atoms with Crippen LogP contribution in [0, 0.1) is 12.8 Å². The molecule has 1 N–H and O–H groups in total. The number of carbonyl (C=O) groups is 2. The third-order valence-electron chi connectivity index (χ3n) is 6.40. The van der Waals surface area contributed by atoms with Gasteiger partial charge in [-0.15, -0.1) is 0 Å². The molecule has 0 radical (unpaired) electrons. The van der Waals surface area contributed by atoms with Gasteiger partial charge in [0.15, 0.2) is 0 Å². The third-order valence-corrected chi connectivity index (χ3v) is 9.17. The van der Waals surface area contributed by atoms with Crippen LogP contribution < -0.4 is 9.62 Å². The quantitative estimate of drug-likeness (QED) is 0.245. The number of nitrogens with one attached hydrogen (secondary N) is 1. The van der Waals surface area contributed by atoms with Crippen LogP contribution in [-0.4, -0.2) is 50.5 Å². The summed E-state index contributed by atoms with van der Waals surface area (Å²) in [5.41, 5.74) is 2.66. The summed E-state index contributed by atoms with van der Waals surface area (Å²) in [6.45, 7) is 5.74. The Morgan fingerprint density at radius 1 is 0.951 bits per heavy atom. The number of amides is 2. The van der Waals surface area contributed by atoms with Crippen molar-refractivity contribution < 1.29 is 18.0 Å². The molecule has 0 aliphatic carbocycles. The summed E-state index contributed by atoms with van der Waals surface area (Å²) < 4.78 is 27.7. The molecule has 7 nitrogen and oxygen atoms in total. The molecule has 0 saturated carbocycles. The first-order valence-corrected chi connectivity index (χ1v) is 16.4. The summed E-state index contributed by atoms with van der Waals surface area (Å²) in [4.78, 5) is 29.2. The van der Waals surface area contributed by atoms with E-state index >= 15 is 0 Å². The van der Waals surface area contributed by atoms with Crippen LogP contribution >= 0.6 is 39.1 Å². The Labute approximate surface area is 261 Å².